The Morgan fingerprint density at radius 2 is 1.77 bits per heavy atom. The van der Waals surface area contributed by atoms with Crippen LogP contribution < -0.4 is 4.74 Å². The van der Waals surface area contributed by atoms with Gasteiger partial charge in [0.2, 0.25) is 6.10 Å². The molecule has 0 bridgehead atoms. The van der Waals surface area contributed by atoms with Crippen LogP contribution in [0.15, 0.2) is 46.9 Å². The SMILES string of the molecule is O=C(O)CC(Oc1cccc2oc3ccccc3c12)C(=O)O. The van der Waals surface area contributed by atoms with Crippen molar-refractivity contribution < 1.29 is 29.0 Å². The Bertz CT molecular complexity index is 863. The highest BCUT2D eigenvalue weighted by atomic mass is 16.5. The first-order valence-electron chi connectivity index (χ1n) is 6.58. The number of rotatable bonds is 5. The normalized spacial score (nSPS) is 12.4. The van der Waals surface area contributed by atoms with E-state index in [-0.39, 0.29) is 5.75 Å². The predicted molar refractivity (Wildman–Crippen MR) is 78.0 cm³/mol. The third-order valence-corrected chi connectivity index (χ3v) is 3.27. The van der Waals surface area contributed by atoms with Gasteiger partial charge < -0.3 is 19.4 Å². The van der Waals surface area contributed by atoms with Crippen LogP contribution in [-0.2, 0) is 9.59 Å². The fraction of sp³-hybridized carbons (Fsp3) is 0.125. The Hall–Kier alpha value is -3.02. The quantitative estimate of drug-likeness (QED) is 0.752. The Morgan fingerprint density at radius 3 is 2.50 bits per heavy atom. The molecule has 0 saturated carbocycles. The summed E-state index contributed by atoms with van der Waals surface area (Å²) in [6, 6.07) is 12.3. The van der Waals surface area contributed by atoms with E-state index in [0.29, 0.717) is 16.6 Å². The molecule has 1 heterocycles. The van der Waals surface area contributed by atoms with Gasteiger partial charge in [-0.2, -0.15) is 0 Å². The number of aliphatic carboxylic acids is 2. The van der Waals surface area contributed by atoms with Gasteiger partial charge in [0.05, 0.1) is 11.8 Å². The minimum absolute atomic E-state index is 0.288. The highest BCUT2D eigenvalue weighted by molar-refractivity contribution is 6.08. The highest BCUT2D eigenvalue weighted by Crippen LogP contribution is 2.35. The van der Waals surface area contributed by atoms with Gasteiger partial charge in [-0.1, -0.05) is 24.3 Å². The molecule has 3 rings (SSSR count). The standard InChI is InChI=1S/C16H12O6/c17-14(18)8-13(16(19)20)22-12-7-3-6-11-15(12)9-4-1-2-5-10(9)21-11/h1-7,13H,8H2,(H,17,18)(H,19,20). The number of hydrogen-bond acceptors (Lipinski definition) is 4. The number of para-hydroxylation sites is 1. The van der Waals surface area contributed by atoms with E-state index in [9.17, 15) is 9.59 Å². The molecular formula is C16H12O6. The van der Waals surface area contributed by atoms with E-state index in [2.05, 4.69) is 0 Å². The molecule has 1 aromatic heterocycles. The van der Waals surface area contributed by atoms with Gasteiger partial charge in [-0.25, -0.2) is 4.79 Å². The summed E-state index contributed by atoms with van der Waals surface area (Å²) in [5, 5.41) is 19.3. The van der Waals surface area contributed by atoms with Crippen LogP contribution in [0.2, 0.25) is 0 Å². The summed E-state index contributed by atoms with van der Waals surface area (Å²) in [5.74, 6) is -2.28. The minimum atomic E-state index is -1.46. The van der Waals surface area contributed by atoms with Crippen LogP contribution in [0.5, 0.6) is 5.75 Å². The van der Waals surface area contributed by atoms with Crippen molar-refractivity contribution in [3.8, 4) is 5.75 Å². The summed E-state index contributed by atoms with van der Waals surface area (Å²) in [6.45, 7) is 0. The van der Waals surface area contributed by atoms with Crippen molar-refractivity contribution in [1.82, 2.24) is 0 Å². The van der Waals surface area contributed by atoms with Gasteiger partial charge in [-0.15, -0.1) is 0 Å². The zero-order valence-electron chi connectivity index (χ0n) is 11.4. The molecule has 1 atom stereocenters. The molecule has 0 fully saturated rings. The second-order valence-electron chi connectivity index (χ2n) is 4.77. The lowest BCUT2D eigenvalue weighted by Crippen LogP contribution is -2.29. The van der Waals surface area contributed by atoms with E-state index < -0.39 is 24.5 Å². The van der Waals surface area contributed by atoms with E-state index >= 15 is 0 Å². The van der Waals surface area contributed by atoms with Crippen LogP contribution in [0.4, 0.5) is 0 Å². The van der Waals surface area contributed by atoms with Crippen LogP contribution >= 0.6 is 0 Å². The number of furan rings is 1. The molecule has 0 amide bonds. The number of fused-ring (bicyclic) bond motifs is 3. The van der Waals surface area contributed by atoms with Crippen LogP contribution in [0, 0.1) is 0 Å². The van der Waals surface area contributed by atoms with E-state index in [1.54, 1.807) is 24.3 Å². The molecule has 0 aliphatic heterocycles. The summed E-state index contributed by atoms with van der Waals surface area (Å²) in [7, 11) is 0. The molecule has 22 heavy (non-hydrogen) atoms. The zero-order valence-corrected chi connectivity index (χ0v) is 11.4. The molecule has 6 heteroatoms. The van der Waals surface area contributed by atoms with Gasteiger partial charge in [-0.3, -0.25) is 4.79 Å². The highest BCUT2D eigenvalue weighted by Gasteiger charge is 2.24. The number of benzene rings is 2. The van der Waals surface area contributed by atoms with Crippen LogP contribution in [0.3, 0.4) is 0 Å². The van der Waals surface area contributed by atoms with Crippen LogP contribution in [-0.4, -0.2) is 28.3 Å². The molecule has 2 N–H and O–H groups in total. The maximum atomic E-state index is 11.2. The Morgan fingerprint density at radius 1 is 1.05 bits per heavy atom. The molecule has 112 valence electrons. The van der Waals surface area contributed by atoms with Gasteiger partial charge in [0.1, 0.15) is 16.9 Å². The molecular weight excluding hydrogens is 288 g/mol. The minimum Gasteiger partial charge on any atom is -0.481 e. The molecule has 0 spiro atoms. The van der Waals surface area contributed by atoms with Crippen molar-refractivity contribution in [2.75, 3.05) is 0 Å². The summed E-state index contributed by atoms with van der Waals surface area (Å²) < 4.78 is 11.1. The Labute approximate surface area is 124 Å². The second-order valence-corrected chi connectivity index (χ2v) is 4.77. The number of hydrogen-bond donors (Lipinski definition) is 2. The van der Waals surface area contributed by atoms with Gasteiger partial charge in [0, 0.05) is 5.39 Å². The molecule has 0 radical (unpaired) electrons. The fourth-order valence-corrected chi connectivity index (χ4v) is 2.33. The lowest BCUT2D eigenvalue weighted by Gasteiger charge is -2.13. The number of carbonyl (C=O) groups is 2. The van der Waals surface area contributed by atoms with Crippen molar-refractivity contribution in [3.63, 3.8) is 0 Å². The van der Waals surface area contributed by atoms with Crippen molar-refractivity contribution in [3.05, 3.63) is 42.5 Å². The molecule has 0 aliphatic rings. The molecule has 6 nitrogen and oxygen atoms in total. The zero-order chi connectivity index (χ0) is 15.7. The van der Waals surface area contributed by atoms with Crippen LogP contribution in [0.1, 0.15) is 6.42 Å². The monoisotopic (exact) mass is 300 g/mol. The average molecular weight is 300 g/mol. The maximum absolute atomic E-state index is 11.2. The lowest BCUT2D eigenvalue weighted by atomic mass is 10.1. The third-order valence-electron chi connectivity index (χ3n) is 3.27. The number of carboxylic acids is 2. The van der Waals surface area contributed by atoms with Gasteiger partial charge >= 0.3 is 11.9 Å². The first-order chi connectivity index (χ1) is 10.6. The maximum Gasteiger partial charge on any atom is 0.345 e. The number of carboxylic acid groups (broad SMARTS) is 2. The smallest absolute Gasteiger partial charge is 0.345 e. The summed E-state index contributed by atoms with van der Waals surface area (Å²) in [4.78, 5) is 21.9. The molecule has 0 aliphatic carbocycles. The van der Waals surface area contributed by atoms with Crippen molar-refractivity contribution >= 4 is 33.9 Å². The molecule has 3 aromatic rings. The summed E-state index contributed by atoms with van der Waals surface area (Å²) in [6.07, 6.45) is -2.08. The Kier molecular flexibility index (Phi) is 3.42. The van der Waals surface area contributed by atoms with Gasteiger partial charge in [-0.05, 0) is 18.2 Å². The largest absolute Gasteiger partial charge is 0.481 e. The lowest BCUT2D eigenvalue weighted by molar-refractivity contribution is -0.151. The Balaban J connectivity index is 2.10. The van der Waals surface area contributed by atoms with E-state index in [0.717, 1.165) is 5.39 Å². The first-order valence-corrected chi connectivity index (χ1v) is 6.58. The van der Waals surface area contributed by atoms with Crippen molar-refractivity contribution in [2.24, 2.45) is 0 Å². The van der Waals surface area contributed by atoms with Gasteiger partial charge in [0.25, 0.3) is 0 Å². The van der Waals surface area contributed by atoms with Crippen molar-refractivity contribution in [1.29, 1.82) is 0 Å². The van der Waals surface area contributed by atoms with Crippen molar-refractivity contribution in [2.45, 2.75) is 12.5 Å². The van der Waals surface area contributed by atoms with E-state index in [4.69, 9.17) is 19.4 Å². The topological polar surface area (TPSA) is 97.0 Å². The van der Waals surface area contributed by atoms with E-state index in [1.165, 1.54) is 0 Å². The predicted octanol–water partition coefficient (Wildman–Crippen LogP) is 2.89. The average Bonchev–Trinajstić information content (AvgIpc) is 2.85. The summed E-state index contributed by atoms with van der Waals surface area (Å²) >= 11 is 0. The molecule has 0 saturated heterocycles. The van der Waals surface area contributed by atoms with Gasteiger partial charge in [0.15, 0.2) is 0 Å². The summed E-state index contributed by atoms with van der Waals surface area (Å²) in [5.41, 5.74) is 1.21. The number of ether oxygens (including phenoxy) is 1. The second kappa shape index (κ2) is 5.40. The molecule has 2 aromatic carbocycles. The van der Waals surface area contributed by atoms with E-state index in [1.807, 2.05) is 18.2 Å². The third kappa shape index (κ3) is 2.46. The van der Waals surface area contributed by atoms with Crippen LogP contribution in [0.25, 0.3) is 21.9 Å². The molecule has 1 unspecified atom stereocenters. The fourth-order valence-electron chi connectivity index (χ4n) is 2.33. The first kappa shape index (κ1) is 13.9.